The summed E-state index contributed by atoms with van der Waals surface area (Å²) in [6.45, 7) is 2.41. The van der Waals surface area contributed by atoms with Gasteiger partial charge in [0, 0.05) is 23.9 Å². The lowest BCUT2D eigenvalue weighted by atomic mass is 9.84. The van der Waals surface area contributed by atoms with Crippen molar-refractivity contribution >= 4 is 29.1 Å². The highest BCUT2D eigenvalue weighted by Crippen LogP contribution is 2.42. The van der Waals surface area contributed by atoms with Crippen molar-refractivity contribution in [3.8, 4) is 29.6 Å². The van der Waals surface area contributed by atoms with Crippen LogP contribution in [0.3, 0.4) is 0 Å². The maximum Gasteiger partial charge on any atom is 0.303 e. The van der Waals surface area contributed by atoms with E-state index in [0.29, 0.717) is 46.7 Å². The zero-order valence-electron chi connectivity index (χ0n) is 21.5. The Labute approximate surface area is 223 Å². The first-order valence-electron chi connectivity index (χ1n) is 12.6. The average Bonchev–Trinajstić information content (AvgIpc) is 3.38. The summed E-state index contributed by atoms with van der Waals surface area (Å²) in [5, 5.41) is 3.39. The summed E-state index contributed by atoms with van der Waals surface area (Å²) in [4.78, 5) is 28.3. The third-order valence-corrected chi connectivity index (χ3v) is 7.63. The van der Waals surface area contributed by atoms with Crippen LogP contribution in [0.2, 0.25) is 5.02 Å². The van der Waals surface area contributed by atoms with E-state index < -0.39 is 11.4 Å². The van der Waals surface area contributed by atoms with Crippen molar-refractivity contribution in [3.05, 3.63) is 47.0 Å². The second kappa shape index (κ2) is 11.4. The summed E-state index contributed by atoms with van der Waals surface area (Å²) in [7, 11) is 3.14. The predicted octanol–water partition coefficient (Wildman–Crippen LogP) is 5.13. The number of terminal acetylenes is 1. The van der Waals surface area contributed by atoms with E-state index in [1.165, 1.54) is 4.90 Å². The third kappa shape index (κ3) is 5.50. The Kier molecular flexibility index (Phi) is 8.19. The number of hydrogen-bond acceptors (Lipinski definition) is 5. The molecule has 2 aromatic carbocycles. The smallest absolute Gasteiger partial charge is 0.303 e. The first kappa shape index (κ1) is 26.7. The molecule has 0 atom stereocenters. The van der Waals surface area contributed by atoms with Gasteiger partial charge in [0.15, 0.2) is 0 Å². The van der Waals surface area contributed by atoms with E-state index in [4.69, 9.17) is 32.2 Å². The minimum absolute atomic E-state index is 0.142. The van der Waals surface area contributed by atoms with Crippen LogP contribution < -0.4 is 24.4 Å². The van der Waals surface area contributed by atoms with Gasteiger partial charge in [0.1, 0.15) is 22.8 Å². The van der Waals surface area contributed by atoms with Crippen LogP contribution in [0.1, 0.15) is 51.0 Å². The molecule has 37 heavy (non-hydrogen) atoms. The van der Waals surface area contributed by atoms with Crippen LogP contribution >= 0.6 is 11.6 Å². The number of amides is 2. The molecule has 2 aromatic rings. The molecule has 2 aliphatic carbocycles. The van der Waals surface area contributed by atoms with E-state index in [0.717, 1.165) is 31.2 Å². The standard InChI is InChI=1S/C29H33ClN2O5/c1-5-27(33)32(21-9-11-25(24(30)16-21)37-23-14-19(2)15-23)29(12-6-7-13-29)28(34)31-18-20-8-10-22(35-3)17-26(20)36-4/h1,8-11,16-17,19,23H,6-7,12-15,18H2,2-4H3,(H,31,34). The van der Waals surface area contributed by atoms with Crippen molar-refractivity contribution in [1.82, 2.24) is 5.32 Å². The minimum atomic E-state index is -1.13. The largest absolute Gasteiger partial charge is 0.497 e. The molecule has 0 aliphatic heterocycles. The maximum absolute atomic E-state index is 13.8. The van der Waals surface area contributed by atoms with Crippen molar-refractivity contribution < 1.29 is 23.8 Å². The van der Waals surface area contributed by atoms with Crippen LogP contribution in [0.5, 0.6) is 17.2 Å². The Bertz CT molecular complexity index is 1200. The highest BCUT2D eigenvalue weighted by Gasteiger charge is 2.49. The van der Waals surface area contributed by atoms with Crippen molar-refractivity contribution in [2.45, 2.75) is 63.6 Å². The highest BCUT2D eigenvalue weighted by molar-refractivity contribution is 6.32. The van der Waals surface area contributed by atoms with Gasteiger partial charge in [-0.3, -0.25) is 14.5 Å². The molecule has 0 spiro atoms. The Morgan fingerprint density at radius 1 is 1.11 bits per heavy atom. The number of ether oxygens (including phenoxy) is 3. The van der Waals surface area contributed by atoms with Crippen LogP contribution in [0.4, 0.5) is 5.69 Å². The highest BCUT2D eigenvalue weighted by atomic mass is 35.5. The minimum Gasteiger partial charge on any atom is -0.497 e. The first-order valence-corrected chi connectivity index (χ1v) is 12.9. The molecule has 8 heteroatoms. The second-order valence-corrected chi connectivity index (χ2v) is 10.2. The number of rotatable bonds is 9. The molecule has 0 heterocycles. The summed E-state index contributed by atoms with van der Waals surface area (Å²) in [6.07, 6.45) is 10.3. The molecular formula is C29H33ClN2O5. The molecule has 196 valence electrons. The number of nitrogens with zero attached hydrogens (tertiary/aromatic N) is 1. The number of halogens is 1. The van der Waals surface area contributed by atoms with Crippen LogP contribution in [-0.4, -0.2) is 37.7 Å². The summed E-state index contributed by atoms with van der Waals surface area (Å²) >= 11 is 6.57. The molecule has 0 unspecified atom stereocenters. The van der Waals surface area contributed by atoms with Gasteiger partial charge in [0.2, 0.25) is 5.91 Å². The van der Waals surface area contributed by atoms with Gasteiger partial charge in [-0.25, -0.2) is 0 Å². The maximum atomic E-state index is 13.8. The summed E-state index contributed by atoms with van der Waals surface area (Å²) < 4.78 is 16.7. The van der Waals surface area contributed by atoms with Crippen LogP contribution in [0.25, 0.3) is 0 Å². The zero-order valence-corrected chi connectivity index (χ0v) is 22.3. The van der Waals surface area contributed by atoms with Gasteiger partial charge in [0.05, 0.1) is 25.3 Å². The third-order valence-electron chi connectivity index (χ3n) is 7.34. The number of anilines is 1. The monoisotopic (exact) mass is 524 g/mol. The summed E-state index contributed by atoms with van der Waals surface area (Å²) in [6, 6.07) is 10.6. The fourth-order valence-corrected chi connectivity index (χ4v) is 5.52. The quantitative estimate of drug-likeness (QED) is 0.460. The number of nitrogens with one attached hydrogen (secondary N) is 1. The predicted molar refractivity (Wildman–Crippen MR) is 143 cm³/mol. The van der Waals surface area contributed by atoms with E-state index >= 15 is 0 Å². The molecule has 2 amide bonds. The Balaban J connectivity index is 1.59. The number of carbonyl (C=O) groups excluding carboxylic acids is 2. The topological polar surface area (TPSA) is 77.1 Å². The van der Waals surface area contributed by atoms with Crippen LogP contribution in [-0.2, 0) is 16.1 Å². The van der Waals surface area contributed by atoms with Gasteiger partial charge in [-0.2, -0.15) is 0 Å². The number of hydrogen-bond donors (Lipinski definition) is 1. The summed E-state index contributed by atoms with van der Waals surface area (Å²) in [5.74, 6) is 3.81. The summed E-state index contributed by atoms with van der Waals surface area (Å²) in [5.41, 5.74) is 0.133. The van der Waals surface area contributed by atoms with Crippen molar-refractivity contribution in [3.63, 3.8) is 0 Å². The Morgan fingerprint density at radius 2 is 1.84 bits per heavy atom. The van der Waals surface area contributed by atoms with E-state index in [-0.39, 0.29) is 18.6 Å². The number of methoxy groups -OCH3 is 2. The van der Waals surface area contributed by atoms with E-state index in [1.807, 2.05) is 6.07 Å². The average molecular weight is 525 g/mol. The Morgan fingerprint density at radius 3 is 2.43 bits per heavy atom. The van der Waals surface area contributed by atoms with Crippen molar-refractivity contribution in [2.24, 2.45) is 5.92 Å². The van der Waals surface area contributed by atoms with Crippen LogP contribution in [0.15, 0.2) is 36.4 Å². The molecule has 2 saturated carbocycles. The van der Waals surface area contributed by atoms with Gasteiger partial charge >= 0.3 is 5.91 Å². The van der Waals surface area contributed by atoms with E-state index in [2.05, 4.69) is 18.2 Å². The number of carbonyl (C=O) groups is 2. The molecule has 0 saturated heterocycles. The van der Waals surface area contributed by atoms with Crippen molar-refractivity contribution in [1.29, 1.82) is 0 Å². The number of benzene rings is 2. The van der Waals surface area contributed by atoms with E-state index in [1.54, 1.807) is 44.6 Å². The molecule has 7 nitrogen and oxygen atoms in total. The first-order chi connectivity index (χ1) is 17.8. The molecule has 2 aliphatic rings. The Hall–Kier alpha value is -3.37. The fourth-order valence-electron chi connectivity index (χ4n) is 5.30. The SMILES string of the molecule is C#CC(=O)N(c1ccc(OC2CC(C)C2)c(Cl)c1)C1(C(=O)NCc2ccc(OC)cc2OC)CCCC1. The fraction of sp³-hybridized carbons (Fsp3) is 0.448. The lowest BCUT2D eigenvalue weighted by Gasteiger charge is -2.39. The zero-order chi connectivity index (χ0) is 26.6. The van der Waals surface area contributed by atoms with Crippen LogP contribution in [0, 0.1) is 18.3 Å². The van der Waals surface area contributed by atoms with Gasteiger partial charge in [-0.15, -0.1) is 6.42 Å². The van der Waals surface area contributed by atoms with Crippen molar-refractivity contribution in [2.75, 3.05) is 19.1 Å². The molecule has 0 radical (unpaired) electrons. The molecule has 1 N–H and O–H groups in total. The molecule has 2 fully saturated rings. The lowest BCUT2D eigenvalue weighted by molar-refractivity contribution is -0.129. The van der Waals surface area contributed by atoms with Gasteiger partial charge < -0.3 is 19.5 Å². The van der Waals surface area contributed by atoms with E-state index in [9.17, 15) is 9.59 Å². The van der Waals surface area contributed by atoms with Gasteiger partial charge in [0.25, 0.3) is 0 Å². The normalized spacial score (nSPS) is 19.8. The molecule has 0 bridgehead atoms. The second-order valence-electron chi connectivity index (χ2n) is 9.82. The lowest BCUT2D eigenvalue weighted by Crippen LogP contribution is -2.59. The van der Waals surface area contributed by atoms with Gasteiger partial charge in [-0.05, 0) is 67.9 Å². The molecule has 4 rings (SSSR count). The van der Waals surface area contributed by atoms with Gasteiger partial charge in [-0.1, -0.05) is 31.4 Å². The molecular weight excluding hydrogens is 492 g/mol. The molecule has 0 aromatic heterocycles.